The smallest absolute Gasteiger partial charge is 0.386 e. The van der Waals surface area contributed by atoms with E-state index in [1.165, 1.54) is 32.3 Å². The third kappa shape index (κ3) is 13.3. The van der Waals surface area contributed by atoms with Gasteiger partial charge in [0, 0.05) is 37.1 Å². The molecule has 4 aliphatic carbocycles. The molecule has 2 amide bonds. The molecule has 3 heterocycles. The average molecular weight is 1120 g/mol. The minimum atomic E-state index is -5.59. The Morgan fingerprint density at radius 1 is 1.00 bits per heavy atom. The van der Waals surface area contributed by atoms with Crippen LogP contribution in [0.4, 0.5) is 5.82 Å². The van der Waals surface area contributed by atoms with Crippen molar-refractivity contribution in [2.75, 3.05) is 37.8 Å². The van der Waals surface area contributed by atoms with Gasteiger partial charge < -0.3 is 50.9 Å². The molecule has 0 spiro atoms. The maximum Gasteiger partial charge on any atom is 0.481 e. The number of hydrogen-bond donors (Lipinski definition) is 9. The lowest BCUT2D eigenvalue weighted by Gasteiger charge is -2.58. The molecule has 412 valence electrons. The Bertz CT molecular complexity index is 2650. The van der Waals surface area contributed by atoms with E-state index in [0.29, 0.717) is 35.8 Å². The molecule has 0 bridgehead atoms. The van der Waals surface area contributed by atoms with Crippen LogP contribution in [0.5, 0.6) is 0 Å². The minimum Gasteiger partial charge on any atom is -0.386 e. The van der Waals surface area contributed by atoms with Crippen molar-refractivity contribution in [2.45, 2.75) is 123 Å². The van der Waals surface area contributed by atoms with E-state index in [9.17, 15) is 62.7 Å². The highest BCUT2D eigenvalue weighted by Crippen LogP contribution is 2.68. The van der Waals surface area contributed by atoms with E-state index in [0.717, 1.165) is 61.1 Å². The number of nitrogen functional groups attached to an aromatic ring is 1. The molecule has 25 nitrogen and oxygen atoms in total. The Labute approximate surface area is 432 Å². The van der Waals surface area contributed by atoms with Crippen LogP contribution in [-0.2, 0) is 55.5 Å². The molecule has 14 atom stereocenters. The van der Waals surface area contributed by atoms with Crippen molar-refractivity contribution in [3.05, 3.63) is 36.5 Å². The summed E-state index contributed by atoms with van der Waals surface area (Å²) in [7, 11) is -16.5. The van der Waals surface area contributed by atoms with Crippen molar-refractivity contribution < 1.29 is 85.3 Å². The van der Waals surface area contributed by atoms with Crippen molar-refractivity contribution in [2.24, 2.45) is 45.8 Å². The number of hydrogen-bond acceptors (Lipinski definition) is 19. The molecule has 29 heteroatoms. The summed E-state index contributed by atoms with van der Waals surface area (Å²) in [6.07, 6.45) is 7.10. The zero-order valence-corrected chi connectivity index (χ0v) is 45.3. The Morgan fingerprint density at radius 3 is 2.46 bits per heavy atom. The minimum absolute atomic E-state index is 0.0294. The Kier molecular flexibility index (Phi) is 18.1. The molecule has 4 fully saturated rings. The zero-order valence-electron chi connectivity index (χ0n) is 41.8. The predicted octanol–water partition coefficient (Wildman–Crippen LogP) is 4.01. The topological polar surface area (TPSA) is 381 Å². The SMILES string of the molecule is C[C@H](C=CC(=O)SCCNC(=O)CCNC(=O)[C@H](O)C(C)(C)COP(=O)(O)OP(=O)(O)OC[C@H]1O[C@@H](n2cnc3c(N)ncnc32)[C@H](O)[C@@H]1OP(=O)(O)O)[C@H]1CC[C@H]2[C@@H]3CCC4=CC(=O)CC[C@]4(C)[C@H]3CC[C@]12C. The van der Waals surface area contributed by atoms with Crippen LogP contribution in [0.2, 0.25) is 0 Å². The molecule has 10 N–H and O–H groups in total. The van der Waals surface area contributed by atoms with Gasteiger partial charge in [-0.2, -0.15) is 4.31 Å². The molecule has 1 aliphatic heterocycles. The van der Waals surface area contributed by atoms with Gasteiger partial charge in [-0.15, -0.1) is 0 Å². The van der Waals surface area contributed by atoms with E-state index in [-0.39, 0.29) is 64.1 Å². The fourth-order valence-corrected chi connectivity index (χ4v) is 15.6. The summed E-state index contributed by atoms with van der Waals surface area (Å²) in [5.41, 5.74) is 5.98. The molecule has 2 aromatic heterocycles. The number of ether oxygens (including phenoxy) is 1. The number of nitrogens with two attached hydrogens (primary N) is 1. The quantitative estimate of drug-likeness (QED) is 0.0457. The summed E-state index contributed by atoms with van der Waals surface area (Å²) < 4.78 is 62.7. The summed E-state index contributed by atoms with van der Waals surface area (Å²) in [6, 6.07) is 0. The third-order valence-electron chi connectivity index (χ3n) is 16.0. The number of phosphoric acid groups is 3. The lowest BCUT2D eigenvalue weighted by atomic mass is 9.46. The molecule has 0 radical (unpaired) electrons. The van der Waals surface area contributed by atoms with Crippen LogP contribution in [0.1, 0.15) is 98.6 Å². The molecule has 74 heavy (non-hydrogen) atoms. The maximum atomic E-state index is 12.9. The number of nitrogens with zero attached hydrogens (tertiary/aromatic N) is 4. The molecular weight excluding hydrogens is 1050 g/mol. The van der Waals surface area contributed by atoms with E-state index < -0.39 is 84.6 Å². The first kappa shape index (κ1) is 58.4. The van der Waals surface area contributed by atoms with Crippen LogP contribution in [0.25, 0.3) is 11.2 Å². The summed E-state index contributed by atoms with van der Waals surface area (Å²) in [5.74, 6) is 1.76. The van der Waals surface area contributed by atoms with Gasteiger partial charge in [0.05, 0.1) is 19.5 Å². The van der Waals surface area contributed by atoms with Crippen molar-refractivity contribution in [3.63, 3.8) is 0 Å². The second-order valence-corrected chi connectivity index (χ2v) is 26.5. The van der Waals surface area contributed by atoms with Gasteiger partial charge in [-0.05, 0) is 97.5 Å². The maximum absolute atomic E-state index is 12.9. The van der Waals surface area contributed by atoms with E-state index in [4.69, 9.17) is 19.5 Å². The lowest BCUT2D eigenvalue weighted by Crippen LogP contribution is -2.50. The van der Waals surface area contributed by atoms with Crippen LogP contribution in [0.15, 0.2) is 36.5 Å². The Morgan fingerprint density at radius 2 is 1.73 bits per heavy atom. The number of carbonyl (C=O) groups excluding carboxylic acids is 4. The van der Waals surface area contributed by atoms with Gasteiger partial charge in [0.15, 0.2) is 23.5 Å². The number of carbonyl (C=O) groups is 4. The molecule has 7 rings (SSSR count). The van der Waals surface area contributed by atoms with Crippen LogP contribution in [-0.4, -0.2) is 128 Å². The fraction of sp³-hybridized carbons (Fsp3) is 0.711. The van der Waals surface area contributed by atoms with Crippen LogP contribution in [0.3, 0.4) is 0 Å². The standard InChI is InChI=1S/C45H68N7O18P3S/c1-25(29-9-10-30-28-8-7-26-20-27(53)12-15-44(26,4)31(28)13-16-45(29,30)5)6-11-34(55)74-19-18-47-33(54)14-17-48-41(58)38(57)43(2,3)22-67-73(64,65)70-72(62,63)66-21-32-37(69-71(59,60)61)36(56)42(68-32)52-24-51-35-39(46)49-23-50-40(35)52/h6,11,20,23-25,28-32,36-38,42,56-57H,7-10,12-19,21-22H2,1-5H3,(H,47,54)(H,48,58)(H,62,63)(H,64,65)(H2,46,49,50)(H2,59,60,61)/t25-,28+,29-,30+,31+,32-,36-,37-,38+,42-,44+,45-/m1/s1. The number of amides is 2. The Balaban J connectivity index is 0.788. The molecular formula is C45H68N7O18P3S. The van der Waals surface area contributed by atoms with Gasteiger partial charge in [-0.1, -0.05) is 58.0 Å². The molecule has 1 saturated heterocycles. The first-order valence-corrected chi connectivity index (χ1v) is 30.0. The van der Waals surface area contributed by atoms with Crippen LogP contribution >= 0.6 is 35.2 Å². The number of nitrogens with one attached hydrogen (secondary N) is 2. The number of aromatic nitrogens is 4. The van der Waals surface area contributed by atoms with E-state index in [1.54, 1.807) is 6.08 Å². The monoisotopic (exact) mass is 1120 g/mol. The number of rotatable bonds is 22. The summed E-state index contributed by atoms with van der Waals surface area (Å²) in [6.45, 7) is 7.54. The summed E-state index contributed by atoms with van der Waals surface area (Å²) in [5, 5.41) is 26.7. The van der Waals surface area contributed by atoms with E-state index >= 15 is 0 Å². The predicted molar refractivity (Wildman–Crippen MR) is 266 cm³/mol. The number of thioether (sulfide) groups is 1. The zero-order chi connectivity index (χ0) is 54.2. The van der Waals surface area contributed by atoms with Crippen molar-refractivity contribution in [3.8, 4) is 0 Å². The van der Waals surface area contributed by atoms with Gasteiger partial charge >= 0.3 is 23.5 Å². The number of imidazole rings is 1. The fourth-order valence-electron chi connectivity index (χ4n) is 12.2. The van der Waals surface area contributed by atoms with Gasteiger partial charge in [-0.3, -0.25) is 37.3 Å². The van der Waals surface area contributed by atoms with Crippen molar-refractivity contribution in [1.82, 2.24) is 30.2 Å². The lowest BCUT2D eigenvalue weighted by molar-refractivity contribution is -0.137. The number of aliphatic hydroxyl groups is 2. The molecule has 5 aliphatic rings. The summed E-state index contributed by atoms with van der Waals surface area (Å²) in [4.78, 5) is 102. The molecule has 2 unspecified atom stereocenters. The molecule has 3 saturated carbocycles. The first-order valence-electron chi connectivity index (χ1n) is 24.5. The largest absolute Gasteiger partial charge is 0.481 e. The van der Waals surface area contributed by atoms with Gasteiger partial charge in [-0.25, -0.2) is 28.6 Å². The van der Waals surface area contributed by atoms with Crippen LogP contribution < -0.4 is 16.4 Å². The van der Waals surface area contributed by atoms with Gasteiger partial charge in [0.2, 0.25) is 16.9 Å². The second kappa shape index (κ2) is 23.0. The summed E-state index contributed by atoms with van der Waals surface area (Å²) >= 11 is 1.09. The number of aliphatic hydroxyl groups excluding tert-OH is 2. The second-order valence-electron chi connectivity index (χ2n) is 21.2. The highest BCUT2D eigenvalue weighted by atomic mass is 32.2. The highest BCUT2D eigenvalue weighted by Gasteiger charge is 2.59. The Hall–Kier alpha value is -3.29. The van der Waals surface area contributed by atoms with Crippen molar-refractivity contribution >= 4 is 74.9 Å². The third-order valence-corrected chi connectivity index (χ3v) is 19.9. The van der Waals surface area contributed by atoms with Gasteiger partial charge in [0.25, 0.3) is 0 Å². The number of ketones is 1. The molecule has 0 aromatic carbocycles. The number of fused-ring (bicyclic) bond motifs is 6. The molecule has 2 aromatic rings. The first-order chi connectivity index (χ1) is 34.5. The number of allylic oxidation sites excluding steroid dienone is 2. The van der Waals surface area contributed by atoms with Crippen LogP contribution in [0, 0.1) is 45.8 Å². The van der Waals surface area contributed by atoms with E-state index in [2.05, 4.69) is 55.2 Å². The number of anilines is 1. The average Bonchev–Trinajstić information content (AvgIpc) is 4.00. The number of phosphoric ester groups is 3. The van der Waals surface area contributed by atoms with E-state index in [1.807, 2.05) is 12.2 Å². The van der Waals surface area contributed by atoms with Gasteiger partial charge in [0.1, 0.15) is 36.3 Å². The normalized spacial score (nSPS) is 31.7. The highest BCUT2D eigenvalue weighted by molar-refractivity contribution is 8.14. The van der Waals surface area contributed by atoms with Crippen molar-refractivity contribution in [1.29, 1.82) is 0 Å².